The molecule has 2 rings (SSSR count). The van der Waals surface area contributed by atoms with Gasteiger partial charge in [0.2, 0.25) is 0 Å². The van der Waals surface area contributed by atoms with Crippen molar-refractivity contribution < 1.29 is 14.3 Å². The lowest BCUT2D eigenvalue weighted by atomic mass is 10.1. The van der Waals surface area contributed by atoms with Crippen molar-refractivity contribution in [2.75, 3.05) is 10.6 Å². The van der Waals surface area contributed by atoms with E-state index in [4.69, 9.17) is 10.00 Å². The molecule has 0 saturated carbocycles. The van der Waals surface area contributed by atoms with E-state index in [1.54, 1.807) is 36.4 Å². The van der Waals surface area contributed by atoms with Gasteiger partial charge in [-0.25, -0.2) is 4.79 Å². The monoisotopic (exact) mass is 358 g/mol. The summed E-state index contributed by atoms with van der Waals surface area (Å²) in [7, 11) is 0. The third-order valence-electron chi connectivity index (χ3n) is 2.77. The summed E-state index contributed by atoms with van der Waals surface area (Å²) >= 11 is 3.07. The number of rotatable bonds is 4. The van der Waals surface area contributed by atoms with E-state index in [9.17, 15) is 9.59 Å². The number of hydrogen-bond donors (Lipinski definition) is 1. The van der Waals surface area contributed by atoms with Crippen LogP contribution in [0.5, 0.6) is 5.75 Å². The predicted molar refractivity (Wildman–Crippen MR) is 85.4 cm³/mol. The number of amides is 1. The molecule has 0 aliphatic rings. The SMILES string of the molecule is N#Cc1cc(C(=O)CBr)ccc1NC(=O)Oc1ccccc1. The number of benzene rings is 2. The van der Waals surface area contributed by atoms with Crippen LogP contribution in [0.2, 0.25) is 0 Å². The Morgan fingerprint density at radius 3 is 2.55 bits per heavy atom. The van der Waals surface area contributed by atoms with E-state index < -0.39 is 6.09 Å². The zero-order chi connectivity index (χ0) is 15.9. The van der Waals surface area contributed by atoms with Crippen LogP contribution in [0.3, 0.4) is 0 Å². The van der Waals surface area contributed by atoms with Crippen LogP contribution in [0.25, 0.3) is 0 Å². The van der Waals surface area contributed by atoms with E-state index in [1.165, 1.54) is 12.1 Å². The van der Waals surface area contributed by atoms with Gasteiger partial charge >= 0.3 is 6.09 Å². The van der Waals surface area contributed by atoms with Crippen LogP contribution in [-0.4, -0.2) is 17.2 Å². The number of ether oxygens (including phenoxy) is 1. The van der Waals surface area contributed by atoms with Crippen molar-refractivity contribution in [2.45, 2.75) is 0 Å². The van der Waals surface area contributed by atoms with Gasteiger partial charge in [-0.15, -0.1) is 0 Å². The highest BCUT2D eigenvalue weighted by Gasteiger charge is 2.12. The van der Waals surface area contributed by atoms with Crippen molar-refractivity contribution >= 4 is 33.5 Å². The van der Waals surface area contributed by atoms with Crippen LogP contribution in [0.15, 0.2) is 48.5 Å². The smallest absolute Gasteiger partial charge is 0.410 e. The average molecular weight is 359 g/mol. The standard InChI is InChI=1S/C16H11BrN2O3/c17-9-15(20)11-6-7-14(12(8-11)10-18)19-16(21)22-13-4-2-1-3-5-13/h1-8H,9H2,(H,19,21). The average Bonchev–Trinajstić information content (AvgIpc) is 2.55. The van der Waals surface area contributed by atoms with Crippen molar-refractivity contribution in [3.63, 3.8) is 0 Å². The summed E-state index contributed by atoms with van der Waals surface area (Å²) in [6.07, 6.45) is -0.706. The highest BCUT2D eigenvalue weighted by Crippen LogP contribution is 2.18. The minimum absolute atomic E-state index is 0.144. The molecule has 1 amide bonds. The van der Waals surface area contributed by atoms with Gasteiger partial charge in [-0.2, -0.15) is 5.26 Å². The number of carbonyl (C=O) groups is 2. The molecule has 0 bridgehead atoms. The molecule has 0 saturated heterocycles. The van der Waals surface area contributed by atoms with Crippen molar-refractivity contribution in [1.82, 2.24) is 0 Å². The summed E-state index contributed by atoms with van der Waals surface area (Å²) < 4.78 is 5.08. The predicted octanol–water partition coefficient (Wildman–Crippen LogP) is 3.75. The molecule has 0 atom stereocenters. The zero-order valence-corrected chi connectivity index (χ0v) is 13.0. The van der Waals surface area contributed by atoms with E-state index in [2.05, 4.69) is 21.2 Å². The number of halogens is 1. The zero-order valence-electron chi connectivity index (χ0n) is 11.4. The molecule has 0 aliphatic carbocycles. The Kier molecular flexibility index (Phi) is 5.28. The van der Waals surface area contributed by atoms with Crippen molar-refractivity contribution in [3.8, 4) is 11.8 Å². The van der Waals surface area contributed by atoms with Crippen LogP contribution in [0, 0.1) is 11.3 Å². The first-order valence-electron chi connectivity index (χ1n) is 6.31. The normalized spacial score (nSPS) is 9.64. The number of Topliss-reactive ketones (excluding diaryl/α,β-unsaturated/α-hetero) is 1. The lowest BCUT2D eigenvalue weighted by Crippen LogP contribution is -2.17. The number of carbonyl (C=O) groups excluding carboxylic acids is 2. The molecule has 110 valence electrons. The van der Waals surface area contributed by atoms with E-state index in [-0.39, 0.29) is 22.4 Å². The van der Waals surface area contributed by atoms with Crippen LogP contribution < -0.4 is 10.1 Å². The van der Waals surface area contributed by atoms with Gasteiger partial charge in [0.05, 0.1) is 16.6 Å². The maximum atomic E-state index is 11.8. The number of anilines is 1. The largest absolute Gasteiger partial charge is 0.417 e. The highest BCUT2D eigenvalue weighted by atomic mass is 79.9. The van der Waals surface area contributed by atoms with Gasteiger partial charge in [0.25, 0.3) is 0 Å². The van der Waals surface area contributed by atoms with E-state index >= 15 is 0 Å². The minimum Gasteiger partial charge on any atom is -0.410 e. The van der Waals surface area contributed by atoms with E-state index in [0.29, 0.717) is 11.3 Å². The van der Waals surface area contributed by atoms with Crippen LogP contribution in [0.4, 0.5) is 10.5 Å². The maximum Gasteiger partial charge on any atom is 0.417 e. The molecule has 0 heterocycles. The molecule has 0 unspecified atom stereocenters. The van der Waals surface area contributed by atoms with Gasteiger partial charge < -0.3 is 4.74 Å². The second-order valence-corrected chi connectivity index (χ2v) is 4.82. The lowest BCUT2D eigenvalue weighted by molar-refractivity contribution is 0.102. The molecule has 0 aliphatic heterocycles. The second kappa shape index (κ2) is 7.38. The number of ketones is 1. The molecule has 22 heavy (non-hydrogen) atoms. The number of para-hydroxylation sites is 1. The summed E-state index contributed by atoms with van der Waals surface area (Å²) in [5, 5.41) is 11.8. The number of nitrogens with one attached hydrogen (secondary N) is 1. The van der Waals surface area contributed by atoms with Crippen LogP contribution in [-0.2, 0) is 0 Å². The first-order valence-corrected chi connectivity index (χ1v) is 7.43. The van der Waals surface area contributed by atoms with Gasteiger partial charge in [0, 0.05) is 5.56 Å². The van der Waals surface area contributed by atoms with Crippen molar-refractivity contribution in [3.05, 3.63) is 59.7 Å². The van der Waals surface area contributed by atoms with Gasteiger partial charge in [0.1, 0.15) is 11.8 Å². The first-order chi connectivity index (χ1) is 10.6. The van der Waals surface area contributed by atoms with Gasteiger partial charge in [-0.3, -0.25) is 10.1 Å². The Morgan fingerprint density at radius 2 is 1.91 bits per heavy atom. The number of alkyl halides is 1. The van der Waals surface area contributed by atoms with Gasteiger partial charge in [-0.1, -0.05) is 34.1 Å². The number of nitrogens with zero attached hydrogens (tertiary/aromatic N) is 1. The molecule has 5 nitrogen and oxygen atoms in total. The molecular weight excluding hydrogens is 348 g/mol. The van der Waals surface area contributed by atoms with Crippen molar-refractivity contribution in [1.29, 1.82) is 5.26 Å². The van der Waals surface area contributed by atoms with Crippen LogP contribution >= 0.6 is 15.9 Å². The summed E-state index contributed by atoms with van der Waals surface area (Å²) in [5.41, 5.74) is 0.877. The second-order valence-electron chi connectivity index (χ2n) is 4.26. The topological polar surface area (TPSA) is 79.2 Å². The van der Waals surface area contributed by atoms with Gasteiger partial charge in [-0.05, 0) is 30.3 Å². The molecule has 0 spiro atoms. The lowest BCUT2D eigenvalue weighted by Gasteiger charge is -2.09. The number of hydrogen-bond acceptors (Lipinski definition) is 4. The Morgan fingerprint density at radius 1 is 1.18 bits per heavy atom. The summed E-state index contributed by atoms with van der Waals surface area (Å²) in [4.78, 5) is 23.4. The Balaban J connectivity index is 2.14. The fourth-order valence-corrected chi connectivity index (χ4v) is 2.05. The molecule has 6 heteroatoms. The van der Waals surface area contributed by atoms with Gasteiger partial charge in [0.15, 0.2) is 5.78 Å². The molecule has 0 radical (unpaired) electrons. The Hall–Kier alpha value is -2.65. The van der Waals surface area contributed by atoms with Crippen LogP contribution in [0.1, 0.15) is 15.9 Å². The Bertz CT molecular complexity index is 739. The fraction of sp³-hybridized carbons (Fsp3) is 0.0625. The fourth-order valence-electron chi connectivity index (χ4n) is 1.73. The minimum atomic E-state index is -0.706. The third kappa shape index (κ3) is 3.93. The summed E-state index contributed by atoms with van der Waals surface area (Å²) in [5.74, 6) is 0.250. The number of nitriles is 1. The first kappa shape index (κ1) is 15.7. The van der Waals surface area contributed by atoms with E-state index in [1.807, 2.05) is 6.07 Å². The summed E-state index contributed by atoms with van der Waals surface area (Å²) in [6.45, 7) is 0. The highest BCUT2D eigenvalue weighted by molar-refractivity contribution is 9.09. The molecule has 2 aromatic carbocycles. The van der Waals surface area contributed by atoms with E-state index in [0.717, 1.165) is 0 Å². The quantitative estimate of drug-likeness (QED) is 0.666. The Labute approximate surface area is 135 Å². The van der Waals surface area contributed by atoms with Crippen molar-refractivity contribution in [2.24, 2.45) is 0 Å². The third-order valence-corrected chi connectivity index (χ3v) is 3.28. The maximum absolute atomic E-state index is 11.8. The summed E-state index contributed by atoms with van der Waals surface area (Å²) in [6, 6.07) is 15.0. The molecule has 0 fully saturated rings. The molecule has 0 aromatic heterocycles. The molecule has 1 N–H and O–H groups in total. The molecule has 2 aromatic rings. The molecular formula is C16H11BrN2O3.